The average molecular weight is 275 g/mol. The lowest BCUT2D eigenvalue weighted by molar-refractivity contribution is 0.0527. The molecule has 20 heavy (non-hydrogen) atoms. The second-order valence-electron chi connectivity index (χ2n) is 3.97. The summed E-state index contributed by atoms with van der Waals surface area (Å²) >= 11 is 0. The summed E-state index contributed by atoms with van der Waals surface area (Å²) in [7, 11) is 0. The van der Waals surface area contributed by atoms with Crippen LogP contribution in [0.3, 0.4) is 0 Å². The van der Waals surface area contributed by atoms with Crippen LogP contribution in [0, 0.1) is 5.82 Å². The molecule has 0 aliphatic rings. The first-order chi connectivity index (χ1) is 9.63. The molecule has 0 amide bonds. The summed E-state index contributed by atoms with van der Waals surface area (Å²) in [5.74, 6) is -0.793. The number of nitrogen functional groups attached to an aromatic ring is 1. The molecule has 0 aromatic heterocycles. The molecule has 0 fully saturated rings. The largest absolute Gasteiger partial charge is 0.462 e. The van der Waals surface area contributed by atoms with Crippen molar-refractivity contribution in [2.75, 3.05) is 12.3 Å². The number of rotatable bonds is 4. The van der Waals surface area contributed by atoms with Gasteiger partial charge >= 0.3 is 5.97 Å². The number of halogens is 1. The SMILES string of the molecule is CCOC(=O)c1cccc(Oc2ccccc2F)c1N. The molecule has 0 radical (unpaired) electrons. The van der Waals surface area contributed by atoms with Gasteiger partial charge in [-0.15, -0.1) is 0 Å². The van der Waals surface area contributed by atoms with Crippen LogP contribution in [0.1, 0.15) is 17.3 Å². The molecule has 104 valence electrons. The van der Waals surface area contributed by atoms with Gasteiger partial charge in [0, 0.05) is 0 Å². The van der Waals surface area contributed by atoms with Crippen molar-refractivity contribution in [2.24, 2.45) is 0 Å². The topological polar surface area (TPSA) is 61.5 Å². The fraction of sp³-hybridized carbons (Fsp3) is 0.133. The van der Waals surface area contributed by atoms with Gasteiger partial charge in [0.2, 0.25) is 0 Å². The monoisotopic (exact) mass is 275 g/mol. The van der Waals surface area contributed by atoms with Crippen molar-refractivity contribution in [1.29, 1.82) is 0 Å². The molecule has 2 aromatic rings. The fourth-order valence-electron chi connectivity index (χ4n) is 1.67. The highest BCUT2D eigenvalue weighted by molar-refractivity contribution is 5.96. The molecule has 0 atom stereocenters. The Morgan fingerprint density at radius 1 is 1.15 bits per heavy atom. The third kappa shape index (κ3) is 2.88. The summed E-state index contributed by atoms with van der Waals surface area (Å²) in [6.45, 7) is 1.95. The van der Waals surface area contributed by atoms with Gasteiger partial charge < -0.3 is 15.2 Å². The van der Waals surface area contributed by atoms with Crippen LogP contribution < -0.4 is 10.5 Å². The number of carbonyl (C=O) groups excluding carboxylic acids is 1. The lowest BCUT2D eigenvalue weighted by atomic mass is 10.1. The summed E-state index contributed by atoms with van der Waals surface area (Å²) < 4.78 is 23.8. The van der Waals surface area contributed by atoms with Gasteiger partial charge in [-0.25, -0.2) is 9.18 Å². The van der Waals surface area contributed by atoms with Gasteiger partial charge in [-0.2, -0.15) is 0 Å². The van der Waals surface area contributed by atoms with Crippen molar-refractivity contribution in [2.45, 2.75) is 6.92 Å². The van der Waals surface area contributed by atoms with Crippen molar-refractivity contribution < 1.29 is 18.7 Å². The Bertz CT molecular complexity index is 628. The van der Waals surface area contributed by atoms with E-state index < -0.39 is 11.8 Å². The van der Waals surface area contributed by atoms with Crippen LogP contribution in [0.2, 0.25) is 0 Å². The molecular formula is C15H14FNO3. The van der Waals surface area contributed by atoms with Gasteiger partial charge in [-0.05, 0) is 31.2 Å². The summed E-state index contributed by atoms with van der Waals surface area (Å²) in [5.41, 5.74) is 6.18. The van der Waals surface area contributed by atoms with E-state index in [1.54, 1.807) is 31.2 Å². The second-order valence-corrected chi connectivity index (χ2v) is 3.97. The Labute approximate surface area is 115 Å². The first-order valence-corrected chi connectivity index (χ1v) is 6.11. The number of benzene rings is 2. The van der Waals surface area contributed by atoms with Crippen LogP contribution in [0.25, 0.3) is 0 Å². The predicted molar refractivity (Wildman–Crippen MR) is 73.3 cm³/mol. The molecule has 0 heterocycles. The number of ether oxygens (including phenoxy) is 2. The minimum absolute atomic E-state index is 0.0419. The molecule has 0 aliphatic heterocycles. The molecule has 0 aliphatic carbocycles. The third-order valence-electron chi connectivity index (χ3n) is 2.62. The van der Waals surface area contributed by atoms with E-state index in [2.05, 4.69) is 0 Å². The Morgan fingerprint density at radius 2 is 1.85 bits per heavy atom. The first kappa shape index (κ1) is 13.9. The van der Waals surface area contributed by atoms with E-state index in [9.17, 15) is 9.18 Å². The smallest absolute Gasteiger partial charge is 0.340 e. The predicted octanol–water partition coefficient (Wildman–Crippen LogP) is 3.38. The zero-order valence-corrected chi connectivity index (χ0v) is 10.9. The van der Waals surface area contributed by atoms with E-state index in [-0.39, 0.29) is 29.4 Å². The average Bonchev–Trinajstić information content (AvgIpc) is 2.43. The molecule has 5 heteroatoms. The maximum absolute atomic E-state index is 13.5. The van der Waals surface area contributed by atoms with Gasteiger partial charge in [0.1, 0.15) is 0 Å². The van der Waals surface area contributed by atoms with E-state index in [0.29, 0.717) is 0 Å². The maximum atomic E-state index is 13.5. The molecule has 0 saturated heterocycles. The van der Waals surface area contributed by atoms with Crippen LogP contribution in [0.5, 0.6) is 11.5 Å². The molecule has 0 saturated carbocycles. The molecule has 4 nitrogen and oxygen atoms in total. The molecule has 0 unspecified atom stereocenters. The van der Waals surface area contributed by atoms with E-state index in [4.69, 9.17) is 15.2 Å². The lowest BCUT2D eigenvalue weighted by Gasteiger charge is -2.11. The van der Waals surface area contributed by atoms with Crippen LogP contribution in [0.4, 0.5) is 10.1 Å². The number of para-hydroxylation sites is 2. The number of nitrogens with two attached hydrogens (primary N) is 1. The van der Waals surface area contributed by atoms with Crippen LogP contribution in [-0.2, 0) is 4.74 Å². The highest BCUT2D eigenvalue weighted by Gasteiger charge is 2.15. The third-order valence-corrected chi connectivity index (χ3v) is 2.62. The number of anilines is 1. The van der Waals surface area contributed by atoms with Crippen molar-refractivity contribution in [3.63, 3.8) is 0 Å². The number of hydrogen-bond donors (Lipinski definition) is 1. The summed E-state index contributed by atoms with van der Waals surface area (Å²) in [5, 5.41) is 0. The molecule has 2 aromatic carbocycles. The zero-order valence-electron chi connectivity index (χ0n) is 10.9. The van der Waals surface area contributed by atoms with Gasteiger partial charge in [0.05, 0.1) is 17.9 Å². The van der Waals surface area contributed by atoms with Crippen LogP contribution in [0.15, 0.2) is 42.5 Å². The summed E-state index contributed by atoms with van der Waals surface area (Å²) in [4.78, 5) is 11.7. The Hall–Kier alpha value is -2.56. The van der Waals surface area contributed by atoms with Gasteiger partial charge in [-0.1, -0.05) is 18.2 Å². The molecular weight excluding hydrogens is 261 g/mol. The summed E-state index contributed by atoms with van der Waals surface area (Å²) in [6.07, 6.45) is 0. The van der Waals surface area contributed by atoms with Crippen molar-refractivity contribution in [3.05, 3.63) is 53.8 Å². The first-order valence-electron chi connectivity index (χ1n) is 6.11. The van der Waals surface area contributed by atoms with Crippen molar-refractivity contribution in [3.8, 4) is 11.5 Å². The van der Waals surface area contributed by atoms with Crippen molar-refractivity contribution >= 4 is 11.7 Å². The standard InChI is InChI=1S/C15H14FNO3/c1-2-19-15(18)10-6-5-9-13(14(10)17)20-12-8-4-3-7-11(12)16/h3-9H,2,17H2,1H3. The Morgan fingerprint density at radius 3 is 2.55 bits per heavy atom. The Balaban J connectivity index is 2.32. The molecule has 2 N–H and O–H groups in total. The fourth-order valence-corrected chi connectivity index (χ4v) is 1.67. The molecule has 0 bridgehead atoms. The van der Waals surface area contributed by atoms with Gasteiger partial charge in [0.25, 0.3) is 0 Å². The van der Waals surface area contributed by atoms with E-state index in [1.165, 1.54) is 18.2 Å². The highest BCUT2D eigenvalue weighted by Crippen LogP contribution is 2.31. The minimum Gasteiger partial charge on any atom is -0.462 e. The normalized spacial score (nSPS) is 10.1. The molecule has 0 spiro atoms. The molecule has 2 rings (SSSR count). The van der Waals surface area contributed by atoms with Crippen LogP contribution in [-0.4, -0.2) is 12.6 Å². The minimum atomic E-state index is -0.538. The van der Waals surface area contributed by atoms with Crippen LogP contribution >= 0.6 is 0 Å². The van der Waals surface area contributed by atoms with E-state index in [0.717, 1.165) is 0 Å². The zero-order chi connectivity index (χ0) is 14.5. The van der Waals surface area contributed by atoms with E-state index in [1.807, 2.05) is 0 Å². The number of hydrogen-bond acceptors (Lipinski definition) is 4. The van der Waals surface area contributed by atoms with Crippen molar-refractivity contribution in [1.82, 2.24) is 0 Å². The summed E-state index contributed by atoms with van der Waals surface area (Å²) in [6, 6.07) is 10.6. The van der Waals surface area contributed by atoms with Gasteiger partial charge in [-0.3, -0.25) is 0 Å². The van der Waals surface area contributed by atoms with Gasteiger partial charge in [0.15, 0.2) is 17.3 Å². The number of esters is 1. The lowest BCUT2D eigenvalue weighted by Crippen LogP contribution is -2.08. The van der Waals surface area contributed by atoms with E-state index >= 15 is 0 Å². The number of carbonyl (C=O) groups is 1. The second kappa shape index (κ2) is 6.06. The maximum Gasteiger partial charge on any atom is 0.340 e. The quantitative estimate of drug-likeness (QED) is 0.686. The Kier molecular flexibility index (Phi) is 4.20. The highest BCUT2D eigenvalue weighted by atomic mass is 19.1.